The molecule has 1 unspecified atom stereocenters. The van der Waals surface area contributed by atoms with Crippen molar-refractivity contribution in [3.63, 3.8) is 0 Å². The molecule has 0 radical (unpaired) electrons. The third kappa shape index (κ3) is 2.80. The molecule has 0 aliphatic heterocycles. The topological polar surface area (TPSA) is 0 Å². The molecule has 1 heterocycles. The molecule has 0 amide bonds. The van der Waals surface area contributed by atoms with Crippen molar-refractivity contribution in [2.45, 2.75) is 30.5 Å². The molecule has 1 atom stereocenters. The second-order valence-corrected chi connectivity index (χ2v) is 6.61. The van der Waals surface area contributed by atoms with E-state index < -0.39 is 0 Å². The minimum atomic E-state index is 0.751. The molecule has 1 aromatic heterocycles. The van der Waals surface area contributed by atoms with Gasteiger partial charge in [-0.1, -0.05) is 15.9 Å². The first-order valence-corrected chi connectivity index (χ1v) is 7.22. The van der Waals surface area contributed by atoms with Gasteiger partial charge in [0.2, 0.25) is 0 Å². The smallest absolute Gasteiger partial charge is 0.0314 e. The van der Waals surface area contributed by atoms with E-state index in [4.69, 9.17) is 0 Å². The zero-order chi connectivity index (χ0) is 9.26. The fourth-order valence-corrected chi connectivity index (χ4v) is 3.79. The molecule has 1 aliphatic rings. The highest BCUT2D eigenvalue weighted by Crippen LogP contribution is 2.39. The van der Waals surface area contributed by atoms with Crippen LogP contribution in [0.3, 0.4) is 0 Å². The first kappa shape index (κ1) is 10.2. The average molecular weight is 324 g/mol. The molecule has 72 valence electrons. The Morgan fingerprint density at radius 1 is 1.54 bits per heavy atom. The second kappa shape index (κ2) is 4.45. The van der Waals surface area contributed by atoms with Crippen molar-refractivity contribution in [2.24, 2.45) is 5.92 Å². The van der Waals surface area contributed by atoms with Crippen LogP contribution in [0.5, 0.6) is 0 Å². The predicted octanol–water partition coefficient (Wildman–Crippen LogP) is 4.62. The van der Waals surface area contributed by atoms with Crippen LogP contribution >= 0.6 is 43.2 Å². The highest BCUT2D eigenvalue weighted by atomic mass is 79.9. The van der Waals surface area contributed by atoms with E-state index in [1.807, 2.05) is 11.3 Å². The van der Waals surface area contributed by atoms with Gasteiger partial charge in [-0.25, -0.2) is 0 Å². The third-order valence-electron chi connectivity index (χ3n) is 2.47. The van der Waals surface area contributed by atoms with Crippen LogP contribution < -0.4 is 0 Å². The fraction of sp³-hybridized carbons (Fsp3) is 0.600. The number of hydrogen-bond donors (Lipinski definition) is 0. The van der Waals surface area contributed by atoms with Crippen molar-refractivity contribution in [2.75, 3.05) is 0 Å². The Hall–Kier alpha value is 0.660. The minimum Gasteiger partial charge on any atom is -0.148 e. The van der Waals surface area contributed by atoms with Crippen molar-refractivity contribution in [1.82, 2.24) is 0 Å². The number of rotatable bonds is 4. The zero-order valence-electron chi connectivity index (χ0n) is 7.30. The summed E-state index contributed by atoms with van der Waals surface area (Å²) in [5.41, 5.74) is 0. The van der Waals surface area contributed by atoms with Crippen LogP contribution in [0, 0.1) is 5.92 Å². The van der Waals surface area contributed by atoms with Gasteiger partial charge in [0.15, 0.2) is 0 Å². The van der Waals surface area contributed by atoms with E-state index >= 15 is 0 Å². The summed E-state index contributed by atoms with van der Waals surface area (Å²) < 4.78 is 1.29. The monoisotopic (exact) mass is 322 g/mol. The van der Waals surface area contributed by atoms with Gasteiger partial charge in [0, 0.05) is 14.2 Å². The molecule has 2 rings (SSSR count). The van der Waals surface area contributed by atoms with Crippen LogP contribution in [-0.4, -0.2) is 4.83 Å². The normalized spacial score (nSPS) is 18.9. The fourth-order valence-electron chi connectivity index (χ4n) is 1.47. The lowest BCUT2D eigenvalue weighted by molar-refractivity contribution is 0.700. The largest absolute Gasteiger partial charge is 0.148 e. The maximum Gasteiger partial charge on any atom is 0.0314 e. The molecular formula is C10H12Br2S. The van der Waals surface area contributed by atoms with Crippen LogP contribution in [0.1, 0.15) is 24.1 Å². The second-order valence-electron chi connectivity index (χ2n) is 3.58. The van der Waals surface area contributed by atoms with E-state index in [0.717, 1.165) is 10.7 Å². The van der Waals surface area contributed by atoms with Gasteiger partial charge < -0.3 is 0 Å². The quantitative estimate of drug-likeness (QED) is 0.709. The van der Waals surface area contributed by atoms with E-state index in [0.29, 0.717) is 0 Å². The van der Waals surface area contributed by atoms with Crippen LogP contribution in [0.15, 0.2) is 15.9 Å². The molecule has 0 nitrogen and oxygen atoms in total. The standard InChI is InChI=1S/C10H12Br2S/c11-8(7-1-2-7)3-4-10-9(12)5-6-13-10/h5-8H,1-4H2. The van der Waals surface area contributed by atoms with Gasteiger partial charge >= 0.3 is 0 Å². The Morgan fingerprint density at radius 2 is 2.31 bits per heavy atom. The summed E-state index contributed by atoms with van der Waals surface area (Å²) in [6.07, 6.45) is 5.36. The molecule has 1 aliphatic carbocycles. The lowest BCUT2D eigenvalue weighted by Gasteiger charge is -2.06. The molecule has 0 aromatic carbocycles. The van der Waals surface area contributed by atoms with Crippen molar-refractivity contribution >= 4 is 43.2 Å². The third-order valence-corrected chi connectivity index (χ3v) is 5.66. The SMILES string of the molecule is Brc1ccsc1CCC(Br)C1CC1. The van der Waals surface area contributed by atoms with Gasteiger partial charge in [0.1, 0.15) is 0 Å². The summed E-state index contributed by atoms with van der Waals surface area (Å²) >= 11 is 9.18. The van der Waals surface area contributed by atoms with Crippen LogP contribution in [0.2, 0.25) is 0 Å². The summed E-state index contributed by atoms with van der Waals surface area (Å²) in [4.78, 5) is 2.24. The van der Waals surface area contributed by atoms with Gasteiger partial charge in [-0.3, -0.25) is 0 Å². The summed E-state index contributed by atoms with van der Waals surface area (Å²) in [6.45, 7) is 0. The molecule has 13 heavy (non-hydrogen) atoms. The Kier molecular flexibility index (Phi) is 3.49. The maximum absolute atomic E-state index is 3.76. The van der Waals surface area contributed by atoms with E-state index in [1.54, 1.807) is 0 Å². The van der Waals surface area contributed by atoms with Crippen molar-refractivity contribution < 1.29 is 0 Å². The Bertz CT molecular complexity index is 278. The lowest BCUT2D eigenvalue weighted by Crippen LogP contribution is -2.01. The van der Waals surface area contributed by atoms with Crippen molar-refractivity contribution in [3.8, 4) is 0 Å². The summed E-state index contributed by atoms with van der Waals surface area (Å²) in [6, 6.07) is 2.14. The number of aryl methyl sites for hydroxylation is 1. The van der Waals surface area contributed by atoms with Gasteiger partial charge in [-0.05, 0) is 59.0 Å². The lowest BCUT2D eigenvalue weighted by atomic mass is 10.1. The number of halogens is 2. The molecule has 0 spiro atoms. The average Bonchev–Trinajstić information content (AvgIpc) is 2.88. The molecule has 0 bridgehead atoms. The Balaban J connectivity index is 1.81. The molecule has 0 N–H and O–H groups in total. The maximum atomic E-state index is 3.76. The molecule has 1 aromatic rings. The van der Waals surface area contributed by atoms with E-state index in [-0.39, 0.29) is 0 Å². The highest BCUT2D eigenvalue weighted by molar-refractivity contribution is 9.10. The van der Waals surface area contributed by atoms with E-state index in [1.165, 1.54) is 35.0 Å². The van der Waals surface area contributed by atoms with Crippen molar-refractivity contribution in [3.05, 3.63) is 20.8 Å². The van der Waals surface area contributed by atoms with Crippen LogP contribution in [0.25, 0.3) is 0 Å². The van der Waals surface area contributed by atoms with Gasteiger partial charge in [0.05, 0.1) is 0 Å². The highest BCUT2D eigenvalue weighted by Gasteiger charge is 2.28. The number of thiophene rings is 1. The first-order chi connectivity index (χ1) is 6.27. The summed E-state index contributed by atoms with van der Waals surface area (Å²) in [5.74, 6) is 0.971. The van der Waals surface area contributed by atoms with Crippen molar-refractivity contribution in [1.29, 1.82) is 0 Å². The van der Waals surface area contributed by atoms with Gasteiger partial charge in [0.25, 0.3) is 0 Å². The first-order valence-electron chi connectivity index (χ1n) is 4.63. The molecule has 1 saturated carbocycles. The van der Waals surface area contributed by atoms with Crippen LogP contribution in [-0.2, 0) is 6.42 Å². The summed E-state index contributed by atoms with van der Waals surface area (Å²) in [7, 11) is 0. The van der Waals surface area contributed by atoms with Crippen LogP contribution in [0.4, 0.5) is 0 Å². The predicted molar refractivity (Wildman–Crippen MR) is 65.8 cm³/mol. The molecule has 1 fully saturated rings. The molecular weight excluding hydrogens is 312 g/mol. The Labute approximate surface area is 100.0 Å². The molecule has 3 heteroatoms. The molecule has 0 saturated heterocycles. The van der Waals surface area contributed by atoms with Gasteiger partial charge in [-0.2, -0.15) is 0 Å². The van der Waals surface area contributed by atoms with Gasteiger partial charge in [-0.15, -0.1) is 11.3 Å². The Morgan fingerprint density at radius 3 is 2.85 bits per heavy atom. The number of hydrogen-bond acceptors (Lipinski definition) is 1. The number of alkyl halides is 1. The zero-order valence-corrected chi connectivity index (χ0v) is 11.3. The van der Waals surface area contributed by atoms with E-state index in [2.05, 4.69) is 43.3 Å². The summed E-state index contributed by atoms with van der Waals surface area (Å²) in [5, 5.41) is 2.15. The minimum absolute atomic E-state index is 0.751. The van der Waals surface area contributed by atoms with E-state index in [9.17, 15) is 0 Å².